The first kappa shape index (κ1) is 24.1. The molecular formula is C23H24F6N2O. The molecule has 1 saturated heterocycles. The molecule has 0 radical (unpaired) electrons. The summed E-state index contributed by atoms with van der Waals surface area (Å²) in [6.45, 7) is 5.35. The Bertz CT molecular complexity index is 947. The number of carbonyl (C=O) groups is 1. The number of nitrogens with one attached hydrogen (secondary N) is 1. The molecule has 1 N–H and O–H groups in total. The summed E-state index contributed by atoms with van der Waals surface area (Å²) in [5.41, 5.74) is -3.87. The molecule has 3 rings (SSSR count). The van der Waals surface area contributed by atoms with Crippen LogP contribution in [0.4, 0.5) is 26.3 Å². The van der Waals surface area contributed by atoms with Crippen molar-refractivity contribution < 1.29 is 31.1 Å². The fraction of sp³-hybridized carbons (Fsp3) is 0.435. The summed E-state index contributed by atoms with van der Waals surface area (Å²) in [5.74, 6) is -1.08. The van der Waals surface area contributed by atoms with Gasteiger partial charge in [0.1, 0.15) is 0 Å². The molecule has 0 aromatic heterocycles. The van der Waals surface area contributed by atoms with Crippen molar-refractivity contribution in [2.45, 2.75) is 50.6 Å². The van der Waals surface area contributed by atoms with Crippen LogP contribution in [0.15, 0.2) is 48.5 Å². The summed E-state index contributed by atoms with van der Waals surface area (Å²) in [4.78, 5) is 15.2. The minimum Gasteiger partial charge on any atom is -0.343 e. The molecular weight excluding hydrogens is 434 g/mol. The topological polar surface area (TPSA) is 32.3 Å². The van der Waals surface area contributed by atoms with E-state index in [0.717, 1.165) is 25.9 Å². The third-order valence-corrected chi connectivity index (χ3v) is 5.93. The minimum atomic E-state index is -5.12. The zero-order chi connectivity index (χ0) is 23.7. The van der Waals surface area contributed by atoms with E-state index in [0.29, 0.717) is 17.7 Å². The van der Waals surface area contributed by atoms with E-state index < -0.39 is 46.5 Å². The molecule has 2 aromatic carbocycles. The van der Waals surface area contributed by atoms with E-state index in [2.05, 4.69) is 10.2 Å². The van der Waals surface area contributed by atoms with Crippen molar-refractivity contribution >= 4 is 5.91 Å². The van der Waals surface area contributed by atoms with Gasteiger partial charge in [-0.25, -0.2) is 0 Å². The van der Waals surface area contributed by atoms with Gasteiger partial charge in [0.05, 0.1) is 22.7 Å². The van der Waals surface area contributed by atoms with Gasteiger partial charge in [0.15, 0.2) is 0 Å². The standard InChI is InChI=1S/C23H24F6N2O/c1-21(2,31-12-6-7-13-31)19(15-8-4-3-5-9-15)30-20(32)17-11-10-16(22(24,25)26)14-18(17)23(27,28)29/h3-5,8-11,14,19H,6-7,12-13H2,1-2H3,(H,30,32). The van der Waals surface area contributed by atoms with Crippen LogP contribution < -0.4 is 5.32 Å². The van der Waals surface area contributed by atoms with Gasteiger partial charge in [0, 0.05) is 5.54 Å². The Morgan fingerprint density at radius 1 is 0.906 bits per heavy atom. The molecule has 2 aromatic rings. The number of carbonyl (C=O) groups excluding carboxylic acids is 1. The third-order valence-electron chi connectivity index (χ3n) is 5.93. The lowest BCUT2D eigenvalue weighted by Gasteiger charge is -2.42. The Kier molecular flexibility index (Phi) is 6.60. The molecule has 0 bridgehead atoms. The Morgan fingerprint density at radius 2 is 1.50 bits per heavy atom. The lowest BCUT2D eigenvalue weighted by Crippen LogP contribution is -2.52. The molecule has 9 heteroatoms. The van der Waals surface area contributed by atoms with Crippen molar-refractivity contribution in [1.82, 2.24) is 10.2 Å². The van der Waals surface area contributed by atoms with Crippen molar-refractivity contribution in [3.63, 3.8) is 0 Å². The Labute approximate surface area is 182 Å². The van der Waals surface area contributed by atoms with Crippen molar-refractivity contribution in [2.24, 2.45) is 0 Å². The summed E-state index contributed by atoms with van der Waals surface area (Å²) < 4.78 is 79.6. The van der Waals surface area contributed by atoms with Crippen LogP contribution in [0.1, 0.15) is 59.8 Å². The van der Waals surface area contributed by atoms with Gasteiger partial charge in [0.2, 0.25) is 0 Å². The van der Waals surface area contributed by atoms with Gasteiger partial charge in [-0.3, -0.25) is 9.69 Å². The number of likely N-dealkylation sites (tertiary alicyclic amines) is 1. The monoisotopic (exact) mass is 458 g/mol. The van der Waals surface area contributed by atoms with Crippen molar-refractivity contribution in [2.75, 3.05) is 13.1 Å². The number of amides is 1. The van der Waals surface area contributed by atoms with E-state index in [9.17, 15) is 31.1 Å². The van der Waals surface area contributed by atoms with Crippen LogP contribution in [-0.2, 0) is 12.4 Å². The fourth-order valence-electron chi connectivity index (χ4n) is 4.15. The second-order valence-corrected chi connectivity index (χ2v) is 8.42. The summed E-state index contributed by atoms with van der Waals surface area (Å²) in [7, 11) is 0. The van der Waals surface area contributed by atoms with E-state index in [-0.39, 0.29) is 6.07 Å². The molecule has 1 unspecified atom stereocenters. The van der Waals surface area contributed by atoms with Gasteiger partial charge in [0.25, 0.3) is 5.91 Å². The Morgan fingerprint density at radius 3 is 2.03 bits per heavy atom. The van der Waals surface area contributed by atoms with Crippen molar-refractivity contribution in [1.29, 1.82) is 0 Å². The molecule has 1 aliphatic heterocycles. The largest absolute Gasteiger partial charge is 0.417 e. The Hall–Kier alpha value is -2.55. The molecule has 1 fully saturated rings. The lowest BCUT2D eigenvalue weighted by atomic mass is 9.86. The second kappa shape index (κ2) is 8.77. The minimum absolute atomic E-state index is 0.0158. The fourth-order valence-corrected chi connectivity index (χ4v) is 4.15. The van der Waals surface area contributed by atoms with Gasteiger partial charge in [-0.1, -0.05) is 30.3 Å². The average Bonchev–Trinajstić information content (AvgIpc) is 3.26. The highest BCUT2D eigenvalue weighted by molar-refractivity contribution is 5.96. The molecule has 1 aliphatic rings. The third kappa shape index (κ3) is 5.09. The predicted octanol–water partition coefficient (Wildman–Crippen LogP) is 6.07. The highest BCUT2D eigenvalue weighted by atomic mass is 19.4. The van der Waals surface area contributed by atoms with Crippen LogP contribution in [-0.4, -0.2) is 29.4 Å². The van der Waals surface area contributed by atoms with E-state index >= 15 is 0 Å². The zero-order valence-electron chi connectivity index (χ0n) is 17.6. The summed E-state index contributed by atoms with van der Waals surface area (Å²) in [6.07, 6.45) is -8.15. The highest BCUT2D eigenvalue weighted by Gasteiger charge is 2.42. The molecule has 1 heterocycles. The maximum Gasteiger partial charge on any atom is 0.417 e. The average molecular weight is 458 g/mol. The quantitative estimate of drug-likeness (QED) is 0.552. The second-order valence-electron chi connectivity index (χ2n) is 8.42. The summed E-state index contributed by atoms with van der Waals surface area (Å²) >= 11 is 0. The number of alkyl halides is 6. The molecule has 1 amide bonds. The highest BCUT2D eigenvalue weighted by Crippen LogP contribution is 2.38. The van der Waals surface area contributed by atoms with Crippen LogP contribution in [0.25, 0.3) is 0 Å². The summed E-state index contributed by atoms with van der Waals surface area (Å²) in [5, 5.41) is 2.68. The van der Waals surface area contributed by atoms with E-state index in [1.165, 1.54) is 0 Å². The molecule has 0 spiro atoms. The van der Waals surface area contributed by atoms with E-state index in [1.54, 1.807) is 30.3 Å². The van der Waals surface area contributed by atoms with Gasteiger partial charge in [-0.05, 0) is 63.5 Å². The van der Waals surface area contributed by atoms with E-state index in [1.807, 2.05) is 13.8 Å². The van der Waals surface area contributed by atoms with E-state index in [4.69, 9.17) is 0 Å². The molecule has 0 saturated carbocycles. The summed E-state index contributed by atoms with van der Waals surface area (Å²) in [6, 6.07) is 9.21. The number of halogens is 6. The normalized spacial score (nSPS) is 16.8. The first-order valence-corrected chi connectivity index (χ1v) is 10.2. The number of rotatable bonds is 5. The van der Waals surface area contributed by atoms with Crippen LogP contribution in [0.5, 0.6) is 0 Å². The van der Waals surface area contributed by atoms with Crippen LogP contribution in [0.3, 0.4) is 0 Å². The zero-order valence-corrected chi connectivity index (χ0v) is 17.6. The van der Waals surface area contributed by atoms with Gasteiger partial charge in [-0.15, -0.1) is 0 Å². The van der Waals surface area contributed by atoms with Gasteiger partial charge >= 0.3 is 12.4 Å². The van der Waals surface area contributed by atoms with Crippen molar-refractivity contribution in [3.8, 4) is 0 Å². The SMILES string of the molecule is CC(C)(C(NC(=O)c1ccc(C(F)(F)F)cc1C(F)(F)F)c1ccccc1)N1CCCC1. The smallest absolute Gasteiger partial charge is 0.343 e. The first-order valence-electron chi connectivity index (χ1n) is 10.2. The number of hydrogen-bond donors (Lipinski definition) is 1. The molecule has 32 heavy (non-hydrogen) atoms. The van der Waals surface area contributed by atoms with Crippen LogP contribution >= 0.6 is 0 Å². The maximum absolute atomic E-state index is 13.6. The lowest BCUT2D eigenvalue weighted by molar-refractivity contribution is -0.143. The molecule has 174 valence electrons. The van der Waals surface area contributed by atoms with Gasteiger partial charge < -0.3 is 5.32 Å². The van der Waals surface area contributed by atoms with Crippen molar-refractivity contribution in [3.05, 3.63) is 70.8 Å². The predicted molar refractivity (Wildman–Crippen MR) is 108 cm³/mol. The maximum atomic E-state index is 13.6. The molecule has 1 atom stereocenters. The number of benzene rings is 2. The van der Waals surface area contributed by atoms with Crippen LogP contribution in [0.2, 0.25) is 0 Å². The number of hydrogen-bond acceptors (Lipinski definition) is 2. The molecule has 3 nitrogen and oxygen atoms in total. The van der Waals surface area contributed by atoms with Gasteiger partial charge in [-0.2, -0.15) is 26.3 Å². The molecule has 0 aliphatic carbocycles. The number of nitrogens with zero attached hydrogens (tertiary/aromatic N) is 1. The Balaban J connectivity index is 2.01. The first-order chi connectivity index (χ1) is 14.8. The van der Waals surface area contributed by atoms with Crippen LogP contribution in [0, 0.1) is 0 Å².